The first-order valence-electron chi connectivity index (χ1n) is 8.00. The quantitative estimate of drug-likeness (QED) is 0.649. The second-order valence-electron chi connectivity index (χ2n) is 5.67. The van der Waals surface area contributed by atoms with Crippen LogP contribution >= 0.6 is 27.5 Å². The molecular formula is C18H16BrClF3NO4. The van der Waals surface area contributed by atoms with E-state index in [1.165, 1.54) is 0 Å². The van der Waals surface area contributed by atoms with Crippen LogP contribution in [0, 0.1) is 0 Å². The van der Waals surface area contributed by atoms with Crippen molar-refractivity contribution in [1.29, 1.82) is 0 Å². The zero-order valence-electron chi connectivity index (χ0n) is 14.3. The minimum absolute atomic E-state index is 0.210. The number of nitrogens with one attached hydrogen (secondary N) is 1. The Hall–Kier alpha value is -1.97. The Balaban J connectivity index is 0.000000345. The third-order valence-corrected chi connectivity index (χ3v) is 4.39. The molecule has 2 aromatic rings. The molecule has 1 saturated heterocycles. The summed E-state index contributed by atoms with van der Waals surface area (Å²) in [7, 11) is 0. The smallest absolute Gasteiger partial charge is 0.485 e. The molecule has 0 spiro atoms. The number of benzene rings is 2. The highest BCUT2D eigenvalue weighted by molar-refractivity contribution is 9.10. The van der Waals surface area contributed by atoms with Gasteiger partial charge in [0.05, 0.1) is 0 Å². The van der Waals surface area contributed by atoms with Crippen molar-refractivity contribution >= 4 is 33.5 Å². The molecule has 0 radical (unpaired) electrons. The minimum Gasteiger partial charge on any atom is -0.485 e. The van der Waals surface area contributed by atoms with Crippen LogP contribution in [0.25, 0.3) is 0 Å². The number of ether oxygens (including phenoxy) is 2. The third kappa shape index (κ3) is 6.88. The van der Waals surface area contributed by atoms with Crippen molar-refractivity contribution in [3.8, 4) is 11.5 Å². The molecule has 0 bridgehead atoms. The van der Waals surface area contributed by atoms with E-state index in [2.05, 4.69) is 21.2 Å². The van der Waals surface area contributed by atoms with E-state index in [0.29, 0.717) is 11.6 Å². The van der Waals surface area contributed by atoms with Gasteiger partial charge in [-0.15, -0.1) is 0 Å². The topological polar surface area (TPSA) is 67.8 Å². The Morgan fingerprint density at radius 2 is 1.86 bits per heavy atom. The average Bonchev–Trinajstić information content (AvgIpc) is 2.58. The van der Waals surface area contributed by atoms with E-state index in [0.717, 1.165) is 34.6 Å². The maximum Gasteiger partial charge on any atom is 0.490 e. The highest BCUT2D eigenvalue weighted by atomic mass is 79.9. The van der Waals surface area contributed by atoms with Crippen molar-refractivity contribution in [2.75, 3.05) is 13.1 Å². The van der Waals surface area contributed by atoms with E-state index in [9.17, 15) is 13.2 Å². The van der Waals surface area contributed by atoms with Gasteiger partial charge in [-0.05, 0) is 24.3 Å². The number of carboxylic acid groups (broad SMARTS) is 1. The van der Waals surface area contributed by atoms with E-state index in [1.807, 2.05) is 42.5 Å². The summed E-state index contributed by atoms with van der Waals surface area (Å²) in [5, 5.41) is 11.0. The summed E-state index contributed by atoms with van der Waals surface area (Å²) >= 11 is 9.61. The van der Waals surface area contributed by atoms with Crippen LogP contribution in [-0.2, 0) is 11.4 Å². The van der Waals surface area contributed by atoms with E-state index in [4.69, 9.17) is 31.0 Å². The van der Waals surface area contributed by atoms with Crippen molar-refractivity contribution in [3.05, 3.63) is 57.5 Å². The van der Waals surface area contributed by atoms with Crippen molar-refractivity contribution in [2.45, 2.75) is 18.9 Å². The van der Waals surface area contributed by atoms with Crippen LogP contribution in [0.3, 0.4) is 0 Å². The number of alkyl halides is 3. The van der Waals surface area contributed by atoms with Gasteiger partial charge >= 0.3 is 12.1 Å². The molecule has 0 aromatic heterocycles. The van der Waals surface area contributed by atoms with Crippen LogP contribution in [-0.4, -0.2) is 36.4 Å². The second-order valence-corrected chi connectivity index (χ2v) is 7.00. The molecule has 2 aromatic carbocycles. The lowest BCUT2D eigenvalue weighted by Crippen LogP contribution is -2.50. The summed E-state index contributed by atoms with van der Waals surface area (Å²) in [6.07, 6.45) is -4.87. The highest BCUT2D eigenvalue weighted by Crippen LogP contribution is 2.32. The first-order valence-corrected chi connectivity index (χ1v) is 9.17. The lowest BCUT2D eigenvalue weighted by molar-refractivity contribution is -0.192. The van der Waals surface area contributed by atoms with Crippen molar-refractivity contribution < 1.29 is 32.5 Å². The highest BCUT2D eigenvalue weighted by Gasteiger charge is 2.38. The van der Waals surface area contributed by atoms with Gasteiger partial charge < -0.3 is 19.9 Å². The SMILES string of the molecule is Clc1ccccc1COc1ccc(Br)cc1OC1CNC1.O=C(O)C(F)(F)F. The molecule has 0 aliphatic carbocycles. The molecule has 2 N–H and O–H groups in total. The number of hydrogen-bond donors (Lipinski definition) is 2. The maximum absolute atomic E-state index is 10.6. The zero-order valence-corrected chi connectivity index (χ0v) is 16.6. The van der Waals surface area contributed by atoms with Crippen LogP contribution < -0.4 is 14.8 Å². The van der Waals surface area contributed by atoms with Crippen LogP contribution in [0.2, 0.25) is 5.02 Å². The van der Waals surface area contributed by atoms with Crippen molar-refractivity contribution in [2.24, 2.45) is 0 Å². The molecule has 3 rings (SSSR count). The Kier molecular flexibility index (Phi) is 7.97. The van der Waals surface area contributed by atoms with Gasteiger partial charge in [-0.1, -0.05) is 45.7 Å². The van der Waals surface area contributed by atoms with Crippen molar-refractivity contribution in [3.63, 3.8) is 0 Å². The van der Waals surface area contributed by atoms with Crippen LogP contribution in [0.1, 0.15) is 5.56 Å². The first-order chi connectivity index (χ1) is 13.2. The monoisotopic (exact) mass is 481 g/mol. The zero-order chi connectivity index (χ0) is 20.7. The molecule has 0 amide bonds. The standard InChI is InChI=1S/C16H15BrClNO2.C2HF3O2/c17-12-5-6-15(16(7-12)21-13-8-19-9-13)20-10-11-3-1-2-4-14(11)18;3-2(4,5)1(6)7/h1-7,13,19H,8-10H2;(H,6,7). The maximum atomic E-state index is 10.6. The molecule has 1 fully saturated rings. The first kappa shape index (κ1) is 22.3. The molecule has 152 valence electrons. The predicted molar refractivity (Wildman–Crippen MR) is 101 cm³/mol. The van der Waals surface area contributed by atoms with Crippen molar-refractivity contribution in [1.82, 2.24) is 5.32 Å². The van der Waals surface area contributed by atoms with Gasteiger partial charge in [0.15, 0.2) is 11.5 Å². The Bertz CT molecular complexity index is 816. The van der Waals surface area contributed by atoms with Gasteiger partial charge in [0, 0.05) is 28.1 Å². The van der Waals surface area contributed by atoms with E-state index in [1.54, 1.807) is 0 Å². The van der Waals surface area contributed by atoms with Gasteiger partial charge in [-0.2, -0.15) is 13.2 Å². The summed E-state index contributed by atoms with van der Waals surface area (Å²) in [5.74, 6) is -1.28. The fraction of sp³-hybridized carbons (Fsp3) is 0.278. The van der Waals surface area contributed by atoms with E-state index in [-0.39, 0.29) is 6.10 Å². The molecule has 1 aliphatic heterocycles. The molecule has 0 atom stereocenters. The van der Waals surface area contributed by atoms with Crippen LogP contribution in [0.4, 0.5) is 13.2 Å². The molecular weight excluding hydrogens is 467 g/mol. The lowest BCUT2D eigenvalue weighted by Gasteiger charge is -2.28. The number of carbonyl (C=O) groups is 1. The van der Waals surface area contributed by atoms with Gasteiger partial charge in [0.1, 0.15) is 12.7 Å². The fourth-order valence-corrected chi connectivity index (χ4v) is 2.52. The summed E-state index contributed by atoms with van der Waals surface area (Å²) in [5.41, 5.74) is 0.957. The summed E-state index contributed by atoms with van der Waals surface area (Å²) in [6, 6.07) is 13.4. The van der Waals surface area contributed by atoms with Crippen LogP contribution in [0.15, 0.2) is 46.9 Å². The van der Waals surface area contributed by atoms with Gasteiger partial charge in [-0.25, -0.2) is 4.79 Å². The normalized spacial score (nSPS) is 13.8. The Morgan fingerprint density at radius 1 is 1.21 bits per heavy atom. The molecule has 28 heavy (non-hydrogen) atoms. The van der Waals surface area contributed by atoms with Crippen LogP contribution in [0.5, 0.6) is 11.5 Å². The van der Waals surface area contributed by atoms with Gasteiger partial charge in [0.2, 0.25) is 0 Å². The van der Waals surface area contributed by atoms with Gasteiger partial charge in [0.25, 0.3) is 0 Å². The Labute approximate surface area is 172 Å². The van der Waals surface area contributed by atoms with E-state index >= 15 is 0 Å². The average molecular weight is 483 g/mol. The predicted octanol–water partition coefficient (Wildman–Crippen LogP) is 4.67. The molecule has 1 aliphatic rings. The number of carboxylic acids is 1. The number of aliphatic carboxylic acids is 1. The lowest BCUT2D eigenvalue weighted by atomic mass is 10.2. The molecule has 1 heterocycles. The number of hydrogen-bond acceptors (Lipinski definition) is 4. The molecule has 0 unspecified atom stereocenters. The summed E-state index contributed by atoms with van der Waals surface area (Å²) in [6.45, 7) is 2.16. The summed E-state index contributed by atoms with van der Waals surface area (Å²) < 4.78 is 44.5. The number of rotatable bonds is 5. The number of halogens is 5. The minimum atomic E-state index is -5.08. The van der Waals surface area contributed by atoms with Gasteiger partial charge in [-0.3, -0.25) is 0 Å². The summed E-state index contributed by atoms with van der Waals surface area (Å²) in [4.78, 5) is 8.90. The fourth-order valence-electron chi connectivity index (χ4n) is 1.99. The Morgan fingerprint density at radius 3 is 2.39 bits per heavy atom. The second kappa shape index (κ2) is 9.99. The molecule has 10 heteroatoms. The molecule has 5 nitrogen and oxygen atoms in total. The molecule has 0 saturated carbocycles. The third-order valence-electron chi connectivity index (χ3n) is 3.53. The van der Waals surface area contributed by atoms with E-state index < -0.39 is 12.1 Å². The largest absolute Gasteiger partial charge is 0.490 e.